The molecule has 1 fully saturated rings. The van der Waals surface area contributed by atoms with Crippen molar-refractivity contribution < 1.29 is 17.9 Å². The molecule has 184 valence electrons. The lowest BCUT2D eigenvalue weighted by Crippen LogP contribution is -2.52. The number of hydrogen-bond donors (Lipinski definition) is 1. The molecule has 0 heterocycles. The minimum atomic E-state index is -2.61. The van der Waals surface area contributed by atoms with Crippen LogP contribution in [0.15, 0.2) is 22.6 Å². The third-order valence-corrected chi connectivity index (χ3v) is 6.77. The van der Waals surface area contributed by atoms with Gasteiger partial charge in [0.1, 0.15) is 11.4 Å². The zero-order valence-electron chi connectivity index (χ0n) is 20.0. The summed E-state index contributed by atoms with van der Waals surface area (Å²) < 4.78 is 30.9. The predicted molar refractivity (Wildman–Crippen MR) is 135 cm³/mol. The molecule has 1 N–H and O–H groups in total. The number of hydrogen-bond acceptors (Lipinski definition) is 6. The van der Waals surface area contributed by atoms with Crippen molar-refractivity contribution in [2.75, 3.05) is 7.11 Å². The molecule has 1 aliphatic rings. The van der Waals surface area contributed by atoms with E-state index in [0.29, 0.717) is 22.5 Å². The minimum Gasteiger partial charge on any atom is -0.494 e. The summed E-state index contributed by atoms with van der Waals surface area (Å²) in [4.78, 5) is 15.2. The molecule has 1 amide bonds. The van der Waals surface area contributed by atoms with Crippen molar-refractivity contribution in [3.05, 3.63) is 23.8 Å². The van der Waals surface area contributed by atoms with E-state index in [1.54, 1.807) is 23.1 Å². The van der Waals surface area contributed by atoms with Crippen molar-refractivity contribution in [1.82, 2.24) is 10.2 Å². The van der Waals surface area contributed by atoms with Crippen molar-refractivity contribution in [2.45, 2.75) is 96.6 Å². The van der Waals surface area contributed by atoms with Gasteiger partial charge in [0.15, 0.2) is 5.11 Å². The molecule has 1 aromatic carbocycles. The number of carbonyl (C=O) groups is 1. The van der Waals surface area contributed by atoms with E-state index >= 15 is 0 Å². The Labute approximate surface area is 205 Å². The highest BCUT2D eigenvalue weighted by Gasteiger charge is 2.26. The molecule has 1 unspecified atom stereocenters. The molecule has 0 spiro atoms. The number of methoxy groups -OCH3 is 1. The van der Waals surface area contributed by atoms with Gasteiger partial charge in [-0.3, -0.25) is 9.69 Å². The zero-order valence-corrected chi connectivity index (χ0v) is 21.6. The summed E-state index contributed by atoms with van der Waals surface area (Å²) in [6, 6.07) is 5.26. The van der Waals surface area contributed by atoms with Crippen molar-refractivity contribution in [2.24, 2.45) is 4.36 Å². The van der Waals surface area contributed by atoms with E-state index in [-0.39, 0.29) is 24.1 Å². The van der Waals surface area contributed by atoms with Crippen LogP contribution in [0.5, 0.6) is 5.75 Å². The highest BCUT2D eigenvalue weighted by atomic mass is 32.2. The Hall–Kier alpha value is -2.00. The number of nitrogens with one attached hydrogen (secondary N) is 1. The van der Waals surface area contributed by atoms with E-state index in [0.717, 1.165) is 38.5 Å². The second kappa shape index (κ2) is 14.3. The molecule has 1 atom stereocenters. The highest BCUT2D eigenvalue weighted by molar-refractivity contribution is 7.80. The second-order valence-electron chi connectivity index (χ2n) is 8.74. The van der Waals surface area contributed by atoms with Gasteiger partial charge in [0, 0.05) is 12.1 Å². The van der Waals surface area contributed by atoms with E-state index in [1.807, 2.05) is 6.92 Å². The lowest BCUT2D eigenvalue weighted by Gasteiger charge is -2.33. The standard InChI is InChI=1S/C24H37N3O4S2/c1-4-5-6-8-11-18(2)27(24(32)25-20-12-9-7-10-13-20)23(28)17-19-14-15-22(31-3)21(16-19)26-33(29)30/h14-16,18,20H,4-13,17H2,1-3H3,(H,25,32). The summed E-state index contributed by atoms with van der Waals surface area (Å²) >= 11 is 5.72. The van der Waals surface area contributed by atoms with Crippen LogP contribution in [0.25, 0.3) is 0 Å². The predicted octanol–water partition coefficient (Wildman–Crippen LogP) is 5.33. The van der Waals surface area contributed by atoms with Crippen LogP contribution < -0.4 is 10.1 Å². The van der Waals surface area contributed by atoms with Gasteiger partial charge in [-0.25, -0.2) is 0 Å². The van der Waals surface area contributed by atoms with E-state index in [4.69, 9.17) is 17.0 Å². The van der Waals surface area contributed by atoms with Crippen molar-refractivity contribution >= 4 is 39.4 Å². The second-order valence-corrected chi connectivity index (χ2v) is 9.74. The Balaban J connectivity index is 2.19. The number of unbranched alkanes of at least 4 members (excludes halogenated alkanes) is 3. The molecule has 0 aliphatic heterocycles. The number of benzene rings is 1. The molecular formula is C24H37N3O4S2. The van der Waals surface area contributed by atoms with Gasteiger partial charge in [-0.1, -0.05) is 57.9 Å². The lowest BCUT2D eigenvalue weighted by molar-refractivity contribution is -0.128. The summed E-state index contributed by atoms with van der Waals surface area (Å²) in [5.74, 6) is 0.233. The number of thiocarbonyl (C=S) groups is 1. The molecule has 33 heavy (non-hydrogen) atoms. The van der Waals surface area contributed by atoms with Gasteiger partial charge in [-0.05, 0) is 56.1 Å². The van der Waals surface area contributed by atoms with Crippen LogP contribution in [0.1, 0.15) is 83.6 Å². The van der Waals surface area contributed by atoms with Crippen molar-refractivity contribution in [3.63, 3.8) is 0 Å². The van der Waals surface area contributed by atoms with Crippen LogP contribution >= 0.6 is 12.2 Å². The van der Waals surface area contributed by atoms with Crippen LogP contribution in [-0.2, 0) is 21.7 Å². The third-order valence-electron chi connectivity index (χ3n) is 6.11. The van der Waals surface area contributed by atoms with Crippen LogP contribution in [0, 0.1) is 0 Å². The smallest absolute Gasteiger partial charge is 0.316 e. The molecule has 0 radical (unpaired) electrons. The average molecular weight is 496 g/mol. The van der Waals surface area contributed by atoms with Crippen LogP contribution in [0.2, 0.25) is 0 Å². The number of ether oxygens (including phenoxy) is 1. The number of carbonyl (C=O) groups excluding carboxylic acids is 1. The molecule has 1 aromatic rings. The molecular weight excluding hydrogens is 458 g/mol. The van der Waals surface area contributed by atoms with Crippen molar-refractivity contribution in [1.29, 1.82) is 0 Å². The molecule has 0 aromatic heterocycles. The number of rotatable bonds is 11. The van der Waals surface area contributed by atoms with Gasteiger partial charge in [-0.2, -0.15) is 8.42 Å². The van der Waals surface area contributed by atoms with Gasteiger partial charge < -0.3 is 10.1 Å². The Morgan fingerprint density at radius 1 is 1.24 bits per heavy atom. The minimum absolute atomic E-state index is 0.0190. The van der Waals surface area contributed by atoms with Crippen molar-refractivity contribution in [3.8, 4) is 5.75 Å². The molecule has 7 nitrogen and oxygen atoms in total. The zero-order chi connectivity index (χ0) is 24.2. The first-order valence-corrected chi connectivity index (χ1v) is 13.4. The van der Waals surface area contributed by atoms with Crippen LogP contribution in [-0.4, -0.2) is 43.5 Å². The summed E-state index contributed by atoms with van der Waals surface area (Å²) in [6.07, 6.45) is 11.3. The SMILES string of the molecule is CCCCCCC(C)N(C(=O)Cc1ccc(OC)c(N=S(=O)=O)c1)C(=S)NC1CCCCC1. The average Bonchev–Trinajstić information content (AvgIpc) is 2.77. The Morgan fingerprint density at radius 2 is 1.97 bits per heavy atom. The number of nitrogens with zero attached hydrogens (tertiary/aromatic N) is 2. The van der Waals surface area contributed by atoms with Crippen LogP contribution in [0.3, 0.4) is 0 Å². The first-order valence-electron chi connectivity index (χ1n) is 12.0. The van der Waals surface area contributed by atoms with E-state index in [1.165, 1.54) is 32.8 Å². The maximum atomic E-state index is 13.4. The summed E-state index contributed by atoms with van der Waals surface area (Å²) in [5, 5.41) is 3.93. The maximum Gasteiger partial charge on any atom is 0.316 e. The summed E-state index contributed by atoms with van der Waals surface area (Å²) in [7, 11) is -1.17. The van der Waals surface area contributed by atoms with Gasteiger partial charge in [0.05, 0.1) is 13.5 Å². The van der Waals surface area contributed by atoms with E-state index in [9.17, 15) is 13.2 Å². The van der Waals surface area contributed by atoms with Gasteiger partial charge in [0.2, 0.25) is 5.91 Å². The largest absolute Gasteiger partial charge is 0.494 e. The van der Waals surface area contributed by atoms with Gasteiger partial charge >= 0.3 is 10.5 Å². The van der Waals surface area contributed by atoms with E-state index < -0.39 is 10.5 Å². The molecule has 0 saturated heterocycles. The molecule has 1 saturated carbocycles. The van der Waals surface area contributed by atoms with Crippen LogP contribution in [0.4, 0.5) is 5.69 Å². The Kier molecular flexibility index (Phi) is 11.8. The maximum absolute atomic E-state index is 13.4. The summed E-state index contributed by atoms with van der Waals surface area (Å²) in [6.45, 7) is 4.23. The van der Waals surface area contributed by atoms with Gasteiger partial charge in [0.25, 0.3) is 0 Å². The van der Waals surface area contributed by atoms with Gasteiger partial charge in [-0.15, -0.1) is 4.36 Å². The normalized spacial score (nSPS) is 14.9. The number of amides is 1. The quantitative estimate of drug-likeness (QED) is 0.330. The first-order chi connectivity index (χ1) is 15.8. The first kappa shape index (κ1) is 27.2. The molecule has 1 aliphatic carbocycles. The highest BCUT2D eigenvalue weighted by Crippen LogP contribution is 2.29. The fourth-order valence-corrected chi connectivity index (χ4v) is 5.05. The monoisotopic (exact) mass is 495 g/mol. The molecule has 9 heteroatoms. The third kappa shape index (κ3) is 9.04. The Morgan fingerprint density at radius 3 is 2.61 bits per heavy atom. The topological polar surface area (TPSA) is 88.1 Å². The lowest BCUT2D eigenvalue weighted by atomic mass is 9.96. The fourth-order valence-electron chi connectivity index (χ4n) is 4.30. The summed E-state index contributed by atoms with van der Waals surface area (Å²) in [5.41, 5.74) is 0.840. The molecule has 2 rings (SSSR count). The van der Waals surface area contributed by atoms with E-state index in [2.05, 4.69) is 16.6 Å². The molecule has 0 bridgehead atoms. The Bertz CT molecular complexity index is 920. The fraction of sp³-hybridized carbons (Fsp3) is 0.667.